The molecule has 0 spiro atoms. The predicted octanol–water partition coefficient (Wildman–Crippen LogP) is -0.866. The Kier molecular flexibility index (Phi) is 9.39. The highest BCUT2D eigenvalue weighted by molar-refractivity contribution is 8.13. The molecule has 0 aromatic rings. The van der Waals surface area contributed by atoms with E-state index in [1.54, 1.807) is 13.8 Å². The molecule has 10 nitrogen and oxygen atoms in total. The Hall–Kier alpha value is -2.14. The first-order valence-electron chi connectivity index (χ1n) is 8.78. The molecule has 0 unspecified atom stereocenters. The lowest BCUT2D eigenvalue weighted by atomic mass is 9.87. The SMILES string of the molecule is C[C@@H](O)CC(=O)SCCNC(=O)CCNC(=O)[C@@H]1OC(=O)C(=O)OCC1(C)C. The van der Waals surface area contributed by atoms with Gasteiger partial charge >= 0.3 is 11.9 Å². The number of carbonyl (C=O) groups excluding carboxylic acids is 5. The van der Waals surface area contributed by atoms with Gasteiger partial charge in [0, 0.05) is 37.1 Å². The summed E-state index contributed by atoms with van der Waals surface area (Å²) in [6.07, 6.45) is -1.86. The van der Waals surface area contributed by atoms with E-state index < -0.39 is 35.5 Å². The lowest BCUT2D eigenvalue weighted by molar-refractivity contribution is -0.168. The maximum absolute atomic E-state index is 12.3. The standard InChI is InChI=1S/C17H26N2O8S/c1-10(20)8-12(22)28-7-6-18-11(21)4-5-19-14(23)13-17(2,3)9-26-15(24)16(25)27-13/h10,13,20H,4-9H2,1-3H3,(H,18,21)(H,19,23)/t10-,13+/m1/s1. The third-order valence-electron chi connectivity index (χ3n) is 3.72. The van der Waals surface area contributed by atoms with E-state index >= 15 is 0 Å². The van der Waals surface area contributed by atoms with Crippen molar-refractivity contribution < 1.29 is 38.6 Å². The molecule has 1 rings (SSSR count). The van der Waals surface area contributed by atoms with E-state index in [1.165, 1.54) is 6.92 Å². The molecule has 0 bridgehead atoms. The van der Waals surface area contributed by atoms with Crippen LogP contribution in [0.3, 0.4) is 0 Å². The predicted molar refractivity (Wildman–Crippen MR) is 99.0 cm³/mol. The number of amides is 2. The van der Waals surface area contributed by atoms with Crippen LogP contribution in [-0.4, -0.2) is 71.6 Å². The Balaban J connectivity index is 2.31. The van der Waals surface area contributed by atoms with E-state index in [-0.39, 0.29) is 43.6 Å². The molecule has 1 fully saturated rings. The van der Waals surface area contributed by atoms with Crippen molar-refractivity contribution in [3.8, 4) is 0 Å². The van der Waals surface area contributed by atoms with Gasteiger partial charge < -0.3 is 25.2 Å². The van der Waals surface area contributed by atoms with E-state index in [2.05, 4.69) is 10.6 Å². The molecular formula is C17H26N2O8S. The zero-order chi connectivity index (χ0) is 21.3. The quantitative estimate of drug-likeness (QED) is 0.247. The average molecular weight is 418 g/mol. The minimum atomic E-state index is -1.23. The molecule has 0 aromatic heterocycles. The van der Waals surface area contributed by atoms with Crippen LogP contribution in [0.4, 0.5) is 0 Å². The van der Waals surface area contributed by atoms with Crippen molar-refractivity contribution >= 4 is 40.6 Å². The maximum atomic E-state index is 12.3. The Morgan fingerprint density at radius 1 is 1.21 bits per heavy atom. The summed E-state index contributed by atoms with van der Waals surface area (Å²) in [4.78, 5) is 58.2. The lowest BCUT2D eigenvalue weighted by Gasteiger charge is -2.28. The van der Waals surface area contributed by atoms with Crippen LogP contribution in [0.1, 0.15) is 33.6 Å². The molecule has 1 aliphatic rings. The van der Waals surface area contributed by atoms with Gasteiger partial charge in [0.25, 0.3) is 5.91 Å². The molecule has 0 saturated carbocycles. The summed E-state index contributed by atoms with van der Waals surface area (Å²) in [5, 5.41) is 14.0. The van der Waals surface area contributed by atoms with Gasteiger partial charge in [-0.1, -0.05) is 25.6 Å². The largest absolute Gasteiger partial charge is 0.457 e. The van der Waals surface area contributed by atoms with Crippen molar-refractivity contribution in [3.05, 3.63) is 0 Å². The van der Waals surface area contributed by atoms with Crippen LogP contribution in [0.15, 0.2) is 0 Å². The van der Waals surface area contributed by atoms with Crippen LogP contribution in [0.2, 0.25) is 0 Å². The first-order valence-corrected chi connectivity index (χ1v) is 9.77. The molecule has 1 saturated heterocycles. The van der Waals surface area contributed by atoms with Crippen LogP contribution in [0.25, 0.3) is 0 Å². The maximum Gasteiger partial charge on any atom is 0.418 e. The molecule has 3 N–H and O–H groups in total. The number of esters is 2. The van der Waals surface area contributed by atoms with Crippen molar-refractivity contribution in [1.29, 1.82) is 0 Å². The fourth-order valence-corrected chi connectivity index (χ4v) is 3.04. The van der Waals surface area contributed by atoms with E-state index in [4.69, 9.17) is 14.6 Å². The minimum Gasteiger partial charge on any atom is -0.457 e. The average Bonchev–Trinajstić information content (AvgIpc) is 2.69. The van der Waals surface area contributed by atoms with Crippen LogP contribution in [0, 0.1) is 5.41 Å². The van der Waals surface area contributed by atoms with Gasteiger partial charge in [-0.15, -0.1) is 0 Å². The van der Waals surface area contributed by atoms with Gasteiger partial charge in [-0.05, 0) is 6.92 Å². The first-order chi connectivity index (χ1) is 13.0. The molecule has 158 valence electrons. The monoisotopic (exact) mass is 418 g/mol. The third-order valence-corrected chi connectivity index (χ3v) is 4.61. The highest BCUT2D eigenvalue weighted by Gasteiger charge is 2.44. The molecule has 1 aliphatic heterocycles. The van der Waals surface area contributed by atoms with Crippen LogP contribution in [0.5, 0.6) is 0 Å². The lowest BCUT2D eigenvalue weighted by Crippen LogP contribution is -2.47. The molecular weight excluding hydrogens is 392 g/mol. The molecule has 0 aliphatic carbocycles. The summed E-state index contributed by atoms with van der Waals surface area (Å²) in [6, 6.07) is 0. The second kappa shape index (κ2) is 11.0. The van der Waals surface area contributed by atoms with Gasteiger partial charge in [-0.2, -0.15) is 0 Å². The van der Waals surface area contributed by atoms with Crippen LogP contribution in [-0.2, 0) is 33.4 Å². The minimum absolute atomic E-state index is 0.00540. The number of hydrogen-bond donors (Lipinski definition) is 3. The smallest absolute Gasteiger partial charge is 0.418 e. The number of aliphatic hydroxyl groups is 1. The Bertz CT molecular complexity index is 620. The van der Waals surface area contributed by atoms with Crippen LogP contribution < -0.4 is 10.6 Å². The molecule has 11 heteroatoms. The Morgan fingerprint density at radius 3 is 2.54 bits per heavy atom. The van der Waals surface area contributed by atoms with E-state index in [0.717, 1.165) is 11.8 Å². The summed E-state index contributed by atoms with van der Waals surface area (Å²) in [7, 11) is 0. The second-order valence-corrected chi connectivity index (χ2v) is 8.17. The highest BCUT2D eigenvalue weighted by atomic mass is 32.2. The molecule has 1 heterocycles. The summed E-state index contributed by atoms with van der Waals surface area (Å²) in [6.45, 7) is 4.89. The number of cyclic esters (lactones) is 2. The first kappa shape index (κ1) is 23.9. The molecule has 2 atom stereocenters. The van der Waals surface area contributed by atoms with E-state index in [1.807, 2.05) is 0 Å². The molecule has 0 radical (unpaired) electrons. The number of rotatable bonds is 9. The van der Waals surface area contributed by atoms with Gasteiger partial charge in [0.2, 0.25) is 5.91 Å². The zero-order valence-corrected chi connectivity index (χ0v) is 16.9. The van der Waals surface area contributed by atoms with Crippen molar-refractivity contribution in [3.63, 3.8) is 0 Å². The van der Waals surface area contributed by atoms with Gasteiger partial charge in [0.05, 0.1) is 6.10 Å². The number of ether oxygens (including phenoxy) is 2. The topological polar surface area (TPSA) is 148 Å². The fraction of sp³-hybridized carbons (Fsp3) is 0.706. The summed E-state index contributed by atoms with van der Waals surface area (Å²) in [5.74, 6) is -2.94. The Labute approximate surface area is 167 Å². The number of thioether (sulfide) groups is 1. The van der Waals surface area contributed by atoms with Gasteiger partial charge in [0.15, 0.2) is 11.2 Å². The number of carbonyl (C=O) groups is 5. The van der Waals surface area contributed by atoms with Gasteiger partial charge in [0.1, 0.15) is 6.61 Å². The van der Waals surface area contributed by atoms with Crippen molar-refractivity contribution in [2.24, 2.45) is 5.41 Å². The summed E-state index contributed by atoms with van der Waals surface area (Å²) >= 11 is 1.03. The highest BCUT2D eigenvalue weighted by Crippen LogP contribution is 2.27. The second-order valence-electron chi connectivity index (χ2n) is 7.01. The Morgan fingerprint density at radius 2 is 1.89 bits per heavy atom. The number of hydrogen-bond acceptors (Lipinski definition) is 9. The van der Waals surface area contributed by atoms with E-state index in [9.17, 15) is 24.0 Å². The normalized spacial score (nSPS) is 19.6. The number of nitrogens with one attached hydrogen (secondary N) is 2. The molecule has 0 aromatic carbocycles. The van der Waals surface area contributed by atoms with Gasteiger partial charge in [-0.3, -0.25) is 14.4 Å². The van der Waals surface area contributed by atoms with Gasteiger partial charge in [-0.25, -0.2) is 9.59 Å². The van der Waals surface area contributed by atoms with Crippen LogP contribution >= 0.6 is 11.8 Å². The fourth-order valence-electron chi connectivity index (χ4n) is 2.24. The van der Waals surface area contributed by atoms with Crippen molar-refractivity contribution in [1.82, 2.24) is 10.6 Å². The molecule has 2 amide bonds. The van der Waals surface area contributed by atoms with Crippen molar-refractivity contribution in [2.45, 2.75) is 45.8 Å². The summed E-state index contributed by atoms with van der Waals surface area (Å²) in [5.41, 5.74) is -0.913. The summed E-state index contributed by atoms with van der Waals surface area (Å²) < 4.78 is 9.66. The molecule has 28 heavy (non-hydrogen) atoms. The third kappa shape index (κ3) is 8.26. The zero-order valence-electron chi connectivity index (χ0n) is 16.1. The van der Waals surface area contributed by atoms with Crippen molar-refractivity contribution in [2.75, 3.05) is 25.4 Å². The number of aliphatic hydroxyl groups excluding tert-OH is 1. The van der Waals surface area contributed by atoms with E-state index in [0.29, 0.717) is 5.75 Å².